The molecule has 1 aromatic carbocycles. The summed E-state index contributed by atoms with van der Waals surface area (Å²) in [5.41, 5.74) is 7.29. The van der Waals surface area contributed by atoms with Crippen molar-refractivity contribution < 1.29 is 14.2 Å². The van der Waals surface area contributed by atoms with Gasteiger partial charge in [-0.15, -0.1) is 0 Å². The Morgan fingerprint density at radius 2 is 2.10 bits per heavy atom. The molecule has 1 aromatic heterocycles. The van der Waals surface area contributed by atoms with Crippen molar-refractivity contribution in [2.75, 3.05) is 19.7 Å². The number of nitrogens with one attached hydrogen (secondary N) is 3. The maximum Gasteiger partial charge on any atom is 0.313 e. The highest BCUT2D eigenvalue weighted by Crippen LogP contribution is 2.26. The summed E-state index contributed by atoms with van der Waals surface area (Å²) in [6.45, 7) is 6.23. The van der Waals surface area contributed by atoms with Crippen molar-refractivity contribution >= 4 is 5.91 Å². The van der Waals surface area contributed by atoms with Crippen LogP contribution in [-0.4, -0.2) is 52.9 Å². The monoisotopic (exact) mass is 415 g/mol. The molecule has 3 atom stereocenters. The minimum absolute atomic E-state index is 0.176. The third kappa shape index (κ3) is 4.57. The zero-order chi connectivity index (χ0) is 21.1. The number of H-pyrrole nitrogens is 1. The highest BCUT2D eigenvalue weighted by Gasteiger charge is 2.37. The number of carbonyl (C=O) groups excluding carboxylic acids is 1. The summed E-state index contributed by atoms with van der Waals surface area (Å²) >= 11 is 0. The third-order valence-corrected chi connectivity index (χ3v) is 6.07. The first-order valence-electron chi connectivity index (χ1n) is 10.6. The van der Waals surface area contributed by atoms with Gasteiger partial charge in [0, 0.05) is 25.2 Å². The quantitative estimate of drug-likeness (QED) is 0.630. The Bertz CT molecular complexity index is 907. The van der Waals surface area contributed by atoms with Crippen molar-refractivity contribution in [2.24, 2.45) is 5.92 Å². The first-order valence-corrected chi connectivity index (χ1v) is 10.6. The summed E-state index contributed by atoms with van der Waals surface area (Å²) in [7, 11) is 0. The minimum Gasteiger partial charge on any atom is -0.494 e. The summed E-state index contributed by atoms with van der Waals surface area (Å²) in [6.07, 6.45) is 2.78. The van der Waals surface area contributed by atoms with Gasteiger partial charge in [0.15, 0.2) is 0 Å². The molecule has 0 aliphatic carbocycles. The van der Waals surface area contributed by atoms with Gasteiger partial charge < -0.3 is 9.64 Å². The van der Waals surface area contributed by atoms with E-state index in [4.69, 9.17) is 4.74 Å². The maximum absolute atomic E-state index is 12.4. The average molecular weight is 415 g/mol. The van der Waals surface area contributed by atoms with E-state index in [0.717, 1.165) is 25.0 Å². The zero-order valence-electron chi connectivity index (χ0n) is 17.4. The number of benzene rings is 1. The van der Waals surface area contributed by atoms with E-state index in [1.165, 1.54) is 5.56 Å². The Hall–Kier alpha value is -2.65. The number of aromatic amines is 1. The highest BCUT2D eigenvalue weighted by atomic mass is 16.6. The molecule has 0 saturated carbocycles. The van der Waals surface area contributed by atoms with E-state index in [9.17, 15) is 9.59 Å². The lowest BCUT2D eigenvalue weighted by Crippen LogP contribution is -2.39. The largest absolute Gasteiger partial charge is 0.494 e. The van der Waals surface area contributed by atoms with Gasteiger partial charge in [0.05, 0.1) is 6.61 Å². The highest BCUT2D eigenvalue weighted by molar-refractivity contribution is 5.91. The third-order valence-electron chi connectivity index (χ3n) is 6.07. The van der Waals surface area contributed by atoms with Crippen LogP contribution >= 0.6 is 0 Å². The van der Waals surface area contributed by atoms with Gasteiger partial charge >= 0.3 is 5.56 Å². The van der Waals surface area contributed by atoms with E-state index in [0.29, 0.717) is 37.6 Å². The predicted octanol–water partition coefficient (Wildman–Crippen LogP) is 1.65. The van der Waals surface area contributed by atoms with Crippen molar-refractivity contribution in [3.05, 3.63) is 45.9 Å². The Labute approximate surface area is 175 Å². The molecule has 1 amide bonds. The second-order valence-electron chi connectivity index (χ2n) is 8.45. The normalized spacial score (nSPS) is 24.0. The maximum atomic E-state index is 12.4. The average Bonchev–Trinajstić information content (AvgIpc) is 3.48. The number of ether oxygens (including phenoxy) is 1. The van der Waals surface area contributed by atoms with Gasteiger partial charge in [0.1, 0.15) is 5.75 Å². The second-order valence-corrected chi connectivity index (χ2v) is 8.45. The van der Waals surface area contributed by atoms with Crippen LogP contribution in [0, 0.1) is 5.92 Å². The molecule has 0 spiro atoms. The van der Waals surface area contributed by atoms with Crippen molar-refractivity contribution in [1.29, 1.82) is 0 Å². The van der Waals surface area contributed by atoms with Crippen molar-refractivity contribution in [3.8, 4) is 5.75 Å². The molecule has 2 saturated heterocycles. The van der Waals surface area contributed by atoms with Gasteiger partial charge in [-0.1, -0.05) is 26.0 Å². The van der Waals surface area contributed by atoms with Crippen LogP contribution in [0.1, 0.15) is 55.1 Å². The van der Waals surface area contributed by atoms with E-state index in [1.54, 1.807) is 4.90 Å². The minimum atomic E-state index is -0.581. The summed E-state index contributed by atoms with van der Waals surface area (Å²) in [6, 6.07) is 8.91. The number of hydrogen-bond donors (Lipinski definition) is 3. The molecule has 0 bridgehead atoms. The number of hydrazine groups is 1. The number of carbonyl (C=O) groups is 1. The van der Waals surface area contributed by atoms with Crippen LogP contribution in [0.15, 0.2) is 33.7 Å². The summed E-state index contributed by atoms with van der Waals surface area (Å²) in [5.74, 6) is 1.38. The molecule has 3 heterocycles. The van der Waals surface area contributed by atoms with Crippen LogP contribution in [0.25, 0.3) is 0 Å². The lowest BCUT2D eigenvalue weighted by Gasteiger charge is -2.19. The molecule has 9 nitrogen and oxygen atoms in total. The lowest BCUT2D eigenvalue weighted by molar-refractivity contribution is 0.0772. The second kappa shape index (κ2) is 9.01. The first kappa shape index (κ1) is 20.6. The van der Waals surface area contributed by atoms with Crippen LogP contribution in [-0.2, 0) is 0 Å². The Morgan fingerprint density at radius 1 is 1.30 bits per heavy atom. The van der Waals surface area contributed by atoms with E-state index >= 15 is 0 Å². The molecule has 2 aliphatic rings. The fourth-order valence-corrected chi connectivity index (χ4v) is 4.20. The van der Waals surface area contributed by atoms with Crippen LogP contribution in [0.3, 0.4) is 0 Å². The molecule has 162 valence electrons. The van der Waals surface area contributed by atoms with E-state index in [1.807, 2.05) is 12.1 Å². The van der Waals surface area contributed by atoms with Crippen molar-refractivity contribution in [2.45, 2.75) is 51.1 Å². The van der Waals surface area contributed by atoms with Gasteiger partial charge in [0.25, 0.3) is 5.91 Å². The summed E-state index contributed by atoms with van der Waals surface area (Å²) in [5, 5.41) is 5.55. The lowest BCUT2D eigenvalue weighted by atomic mass is 9.94. The van der Waals surface area contributed by atoms with Crippen LogP contribution in [0.5, 0.6) is 5.75 Å². The van der Waals surface area contributed by atoms with E-state index in [-0.39, 0.29) is 17.6 Å². The van der Waals surface area contributed by atoms with Gasteiger partial charge in [-0.05, 0) is 54.0 Å². The molecule has 3 unspecified atom stereocenters. The van der Waals surface area contributed by atoms with Gasteiger partial charge in [-0.25, -0.2) is 0 Å². The topological polar surface area (TPSA) is 112 Å². The van der Waals surface area contributed by atoms with Gasteiger partial charge in [-0.2, -0.15) is 5.16 Å². The number of likely N-dealkylation sites (tertiary alicyclic amines) is 1. The van der Waals surface area contributed by atoms with E-state index < -0.39 is 5.56 Å². The van der Waals surface area contributed by atoms with Crippen LogP contribution in [0.4, 0.5) is 0 Å². The van der Waals surface area contributed by atoms with Gasteiger partial charge in [-0.3, -0.25) is 25.1 Å². The summed E-state index contributed by atoms with van der Waals surface area (Å²) in [4.78, 5) is 25.6. The number of nitrogens with zero attached hydrogens (tertiary/aromatic N) is 2. The molecule has 2 aromatic rings. The van der Waals surface area contributed by atoms with Crippen molar-refractivity contribution in [3.63, 3.8) is 0 Å². The number of aromatic nitrogens is 2. The number of hydrogen-bond acceptors (Lipinski definition) is 7. The first-order chi connectivity index (χ1) is 14.5. The Kier molecular flexibility index (Phi) is 6.19. The fraction of sp³-hybridized carbons (Fsp3) is 0.571. The van der Waals surface area contributed by atoms with E-state index in [2.05, 4.69) is 51.8 Å². The van der Waals surface area contributed by atoms with Gasteiger partial charge in [0.2, 0.25) is 5.69 Å². The number of amides is 1. The number of rotatable bonds is 7. The van der Waals surface area contributed by atoms with Crippen molar-refractivity contribution in [1.82, 2.24) is 26.1 Å². The van der Waals surface area contributed by atoms with Crippen LogP contribution < -0.4 is 21.1 Å². The van der Waals surface area contributed by atoms with Crippen LogP contribution in [0.2, 0.25) is 0 Å². The molecule has 2 aliphatic heterocycles. The molecule has 4 rings (SSSR count). The Morgan fingerprint density at radius 3 is 2.80 bits per heavy atom. The molecule has 0 radical (unpaired) electrons. The predicted molar refractivity (Wildman–Crippen MR) is 110 cm³/mol. The molecule has 9 heteroatoms. The SMILES string of the molecule is CC(C)c1ccc(OCCC2CC(C3CCN(C(=O)c4no[nH]c4=O)C3)NN2)cc1. The molecular formula is C21H29N5O4. The Balaban J connectivity index is 1.21. The zero-order valence-corrected chi connectivity index (χ0v) is 17.4. The molecular weight excluding hydrogens is 386 g/mol. The molecule has 30 heavy (non-hydrogen) atoms. The molecule has 3 N–H and O–H groups in total. The fourth-order valence-electron chi connectivity index (χ4n) is 4.20. The smallest absolute Gasteiger partial charge is 0.313 e. The summed E-state index contributed by atoms with van der Waals surface area (Å²) < 4.78 is 10.4. The standard InChI is InChI=1S/C21H29N5O4/c1-13(2)14-3-5-17(6-4-14)29-10-8-16-11-18(23-22-16)15-7-9-26(12-15)21(28)19-20(27)25-30-24-19/h3-6,13,15-16,18,22-23H,7-12H2,1-2H3,(H,25,27). The molecule has 2 fully saturated rings.